The molecule has 1 aromatic heterocycles. The molecule has 9 N–H and O–H groups in total. The van der Waals surface area contributed by atoms with Gasteiger partial charge < -0.3 is 47.3 Å². The fraction of sp³-hybridized carbons (Fsp3) is 0.634. The molecule has 16 heteroatoms. The average Bonchev–Trinajstić information content (AvgIpc) is 3.45. The van der Waals surface area contributed by atoms with Gasteiger partial charge in [-0.2, -0.15) is 0 Å². The normalized spacial score (nSPS) is 13.0. The molecule has 2 rings (SSSR count). The van der Waals surface area contributed by atoms with Crippen molar-refractivity contribution in [3.63, 3.8) is 0 Å². The number of unbranched alkanes of at least 4 members (excludes halogenated alkanes) is 2. The van der Waals surface area contributed by atoms with Crippen LogP contribution in [0.2, 0.25) is 0 Å². The molecule has 6 amide bonds. The second-order valence-corrected chi connectivity index (χ2v) is 16.4. The lowest BCUT2D eigenvalue weighted by Gasteiger charge is -2.29. The zero-order valence-electron chi connectivity index (χ0n) is 34.9. The fourth-order valence-electron chi connectivity index (χ4n) is 6.07. The Morgan fingerprint density at radius 1 is 0.877 bits per heavy atom. The molecule has 0 aliphatic carbocycles. The first kappa shape index (κ1) is 48.5. The summed E-state index contributed by atoms with van der Waals surface area (Å²) in [6, 6.07) is 5.76. The SMILES string of the molecule is CCC(C)CNC(=O)OCc1ccc(NC(=O)C(CCCNC(N)=O)NC(=O)C(NC(=O)CCCCCn2c(O)cc(SC(CC)(CC)CC)c2O)C(C)C)cc1. The number of thioether (sulfide) groups is 1. The van der Waals surface area contributed by atoms with Crippen molar-refractivity contribution in [2.24, 2.45) is 17.6 Å². The van der Waals surface area contributed by atoms with E-state index in [1.165, 1.54) is 4.57 Å². The number of aromatic hydroxyl groups is 2. The van der Waals surface area contributed by atoms with Gasteiger partial charge in [0.2, 0.25) is 23.6 Å². The van der Waals surface area contributed by atoms with Crippen LogP contribution in [0.1, 0.15) is 118 Å². The number of nitrogens with one attached hydrogen (secondary N) is 5. The number of hydrogen-bond acceptors (Lipinski definition) is 9. The number of benzene rings is 1. The molecule has 3 atom stereocenters. The van der Waals surface area contributed by atoms with Crippen LogP contribution in [-0.4, -0.2) is 74.5 Å². The van der Waals surface area contributed by atoms with Crippen LogP contribution in [0.3, 0.4) is 0 Å². The van der Waals surface area contributed by atoms with Gasteiger partial charge >= 0.3 is 12.1 Å². The quantitative estimate of drug-likeness (QED) is 0.0382. The van der Waals surface area contributed by atoms with Crippen LogP contribution in [0.5, 0.6) is 11.8 Å². The second kappa shape index (κ2) is 24.9. The van der Waals surface area contributed by atoms with Crippen LogP contribution in [0.15, 0.2) is 35.2 Å². The van der Waals surface area contributed by atoms with Crippen LogP contribution >= 0.6 is 11.8 Å². The minimum Gasteiger partial charge on any atom is -0.494 e. The van der Waals surface area contributed by atoms with Gasteiger partial charge in [0.25, 0.3) is 0 Å². The number of carbonyl (C=O) groups excluding carboxylic acids is 5. The lowest BCUT2D eigenvalue weighted by Crippen LogP contribution is -2.54. The van der Waals surface area contributed by atoms with E-state index in [-0.39, 0.29) is 54.3 Å². The summed E-state index contributed by atoms with van der Waals surface area (Å²) in [4.78, 5) is 63.9. The third-order valence-corrected chi connectivity index (χ3v) is 12.1. The summed E-state index contributed by atoms with van der Waals surface area (Å²) in [5, 5.41) is 35.0. The number of alkyl carbamates (subject to hydrolysis) is 1. The number of anilines is 1. The van der Waals surface area contributed by atoms with E-state index in [2.05, 4.69) is 47.4 Å². The predicted octanol–water partition coefficient (Wildman–Crippen LogP) is 6.51. The summed E-state index contributed by atoms with van der Waals surface area (Å²) < 4.78 is 6.76. The van der Waals surface area contributed by atoms with Gasteiger partial charge in [-0.3, -0.25) is 19.0 Å². The Balaban J connectivity index is 1.96. The van der Waals surface area contributed by atoms with E-state index in [4.69, 9.17) is 10.5 Å². The first-order chi connectivity index (χ1) is 27.1. The predicted molar refractivity (Wildman–Crippen MR) is 224 cm³/mol. The number of aromatic nitrogens is 1. The number of primary amides is 1. The van der Waals surface area contributed by atoms with Gasteiger partial charge in [-0.1, -0.05) is 73.4 Å². The zero-order chi connectivity index (χ0) is 42.5. The molecule has 0 aliphatic rings. The molecule has 0 aliphatic heterocycles. The number of nitrogens with two attached hydrogens (primary N) is 1. The minimum atomic E-state index is -0.995. The molecule has 15 nitrogen and oxygen atoms in total. The summed E-state index contributed by atoms with van der Waals surface area (Å²) in [6.45, 7) is 15.2. The Bertz CT molecular complexity index is 1570. The number of urea groups is 1. The Hall–Kier alpha value is -4.60. The number of nitrogens with zero attached hydrogens (tertiary/aromatic N) is 1. The van der Waals surface area contributed by atoms with Crippen molar-refractivity contribution in [3.05, 3.63) is 35.9 Å². The van der Waals surface area contributed by atoms with Crippen LogP contribution in [0.25, 0.3) is 0 Å². The molecule has 1 heterocycles. The van der Waals surface area contributed by atoms with Crippen molar-refractivity contribution >= 4 is 47.3 Å². The molecule has 0 radical (unpaired) electrons. The van der Waals surface area contributed by atoms with E-state index in [0.717, 1.165) is 31.2 Å². The van der Waals surface area contributed by atoms with Crippen molar-refractivity contribution in [1.82, 2.24) is 25.8 Å². The number of carbonyl (C=O) groups is 5. The highest BCUT2D eigenvalue weighted by Crippen LogP contribution is 2.46. The van der Waals surface area contributed by atoms with E-state index in [0.29, 0.717) is 55.3 Å². The van der Waals surface area contributed by atoms with Crippen LogP contribution in [0, 0.1) is 11.8 Å². The number of amides is 6. The fourth-order valence-corrected chi connectivity index (χ4v) is 7.34. The highest BCUT2D eigenvalue weighted by Gasteiger charge is 2.30. The summed E-state index contributed by atoms with van der Waals surface area (Å²) in [7, 11) is 0. The zero-order valence-corrected chi connectivity index (χ0v) is 35.7. The number of rotatable bonds is 26. The molecule has 0 spiro atoms. The van der Waals surface area contributed by atoms with Crippen LogP contribution in [0.4, 0.5) is 15.3 Å². The Morgan fingerprint density at radius 2 is 1.54 bits per heavy atom. The smallest absolute Gasteiger partial charge is 0.407 e. The van der Waals surface area contributed by atoms with Gasteiger partial charge in [-0.05, 0) is 74.5 Å². The molecule has 320 valence electrons. The molecule has 2 aromatic rings. The monoisotopic (exact) mass is 817 g/mol. The highest BCUT2D eigenvalue weighted by atomic mass is 32.2. The van der Waals surface area contributed by atoms with Crippen molar-refractivity contribution in [2.45, 2.75) is 148 Å². The van der Waals surface area contributed by atoms with E-state index in [9.17, 15) is 34.2 Å². The maximum atomic E-state index is 13.6. The maximum absolute atomic E-state index is 13.6. The van der Waals surface area contributed by atoms with Gasteiger partial charge in [0.1, 0.15) is 18.7 Å². The Kier molecular flexibility index (Phi) is 21.2. The van der Waals surface area contributed by atoms with Gasteiger partial charge in [-0.15, -0.1) is 11.8 Å². The number of ether oxygens (including phenoxy) is 1. The average molecular weight is 818 g/mol. The van der Waals surface area contributed by atoms with Crippen molar-refractivity contribution in [2.75, 3.05) is 18.4 Å². The third-order valence-electron chi connectivity index (χ3n) is 10.3. The van der Waals surface area contributed by atoms with Crippen molar-refractivity contribution in [3.8, 4) is 11.8 Å². The lowest BCUT2D eigenvalue weighted by atomic mass is 9.99. The molecule has 0 saturated heterocycles. The van der Waals surface area contributed by atoms with Gasteiger partial charge in [-0.25, -0.2) is 9.59 Å². The topological polar surface area (TPSA) is 226 Å². The highest BCUT2D eigenvalue weighted by molar-refractivity contribution is 8.00. The van der Waals surface area contributed by atoms with Gasteiger partial charge in [0.05, 0.1) is 4.90 Å². The van der Waals surface area contributed by atoms with E-state index in [1.54, 1.807) is 55.9 Å². The summed E-state index contributed by atoms with van der Waals surface area (Å²) in [5.41, 5.74) is 6.36. The Labute approximate surface area is 342 Å². The van der Waals surface area contributed by atoms with Gasteiger partial charge in [0.15, 0.2) is 5.88 Å². The van der Waals surface area contributed by atoms with Gasteiger partial charge in [0, 0.05) is 42.6 Å². The van der Waals surface area contributed by atoms with Crippen molar-refractivity contribution in [1.29, 1.82) is 0 Å². The molecule has 0 saturated carbocycles. The molecular formula is C41H67N7O8S. The molecule has 0 fully saturated rings. The summed E-state index contributed by atoms with van der Waals surface area (Å²) in [5.74, 6) is -1.22. The summed E-state index contributed by atoms with van der Waals surface area (Å²) in [6.07, 6.45) is 5.74. The van der Waals surface area contributed by atoms with E-state index < -0.39 is 36.0 Å². The number of hydrogen-bond donors (Lipinski definition) is 8. The Morgan fingerprint density at radius 3 is 2.14 bits per heavy atom. The first-order valence-corrected chi connectivity index (χ1v) is 21.1. The van der Waals surface area contributed by atoms with E-state index >= 15 is 0 Å². The minimum absolute atomic E-state index is 0.00474. The van der Waals surface area contributed by atoms with Crippen molar-refractivity contribution < 1.29 is 38.9 Å². The van der Waals surface area contributed by atoms with Crippen LogP contribution < -0.4 is 32.3 Å². The molecule has 0 bridgehead atoms. The molecule has 1 aromatic carbocycles. The first-order valence-electron chi connectivity index (χ1n) is 20.3. The third kappa shape index (κ3) is 16.8. The largest absolute Gasteiger partial charge is 0.494 e. The lowest BCUT2D eigenvalue weighted by molar-refractivity contribution is -0.132. The van der Waals surface area contributed by atoms with Crippen LogP contribution in [-0.2, 0) is 32.3 Å². The van der Waals surface area contributed by atoms with E-state index in [1.807, 2.05) is 13.8 Å². The second-order valence-electron chi connectivity index (χ2n) is 14.9. The molecule has 3 unspecified atom stereocenters. The summed E-state index contributed by atoms with van der Waals surface area (Å²) >= 11 is 1.60. The molecule has 57 heavy (non-hydrogen) atoms. The standard InChI is InChI=1S/C41H67N7O8S/c1-8-28(7)25-44-40(55)56-26-29-18-20-30(21-19-29)45-36(51)31(16-15-22-43-39(42)54)46-37(52)35(27(5)6)47-33(49)17-13-12-14-23-48-34(50)24-32(38(48)53)57-41(9-2,10-3)11-4/h18-21,24,27-28,31,35,50,53H,8-17,22-23,25-26H2,1-7H3,(H,44,55)(H,45,51)(H,46,52)(H,47,49)(H3,42,43,54). The molecular weight excluding hydrogens is 751 g/mol. The maximum Gasteiger partial charge on any atom is 0.407 e.